The summed E-state index contributed by atoms with van der Waals surface area (Å²) in [5, 5.41) is 11.9. The van der Waals surface area contributed by atoms with Gasteiger partial charge in [-0.3, -0.25) is 19.4 Å². The zero-order chi connectivity index (χ0) is 27.7. The summed E-state index contributed by atoms with van der Waals surface area (Å²) in [6.07, 6.45) is 3.39. The van der Waals surface area contributed by atoms with Gasteiger partial charge in [-0.25, -0.2) is 0 Å². The number of halogens is 1. The zero-order valence-electron chi connectivity index (χ0n) is 22.5. The summed E-state index contributed by atoms with van der Waals surface area (Å²) in [7, 11) is 0. The molecule has 2 N–H and O–H groups in total. The number of aliphatic imine (C=N–C) groups is 1. The van der Waals surface area contributed by atoms with Crippen molar-refractivity contribution in [1.29, 1.82) is 0 Å². The molecule has 0 bridgehead atoms. The van der Waals surface area contributed by atoms with Crippen molar-refractivity contribution in [2.45, 2.75) is 71.5 Å². The Morgan fingerprint density at radius 2 is 1.76 bits per heavy atom. The molecule has 1 saturated carbocycles. The molecule has 2 aliphatic rings. The smallest absolute Gasteiger partial charge is 0.305 e. The Morgan fingerprint density at radius 1 is 1.13 bits per heavy atom. The SMILES string of the molecule is C[C@H](c1ccc(C(=O)NCCC(=O)O)cc1)N1C(=O)C(c2ccccc2Cl)=NC12CCC(C(C)(C)C)CC2. The van der Waals surface area contributed by atoms with Gasteiger partial charge in [0, 0.05) is 17.7 Å². The molecule has 0 aromatic heterocycles. The van der Waals surface area contributed by atoms with E-state index in [2.05, 4.69) is 26.1 Å². The molecule has 2 aromatic carbocycles. The van der Waals surface area contributed by atoms with Crippen molar-refractivity contribution < 1.29 is 19.5 Å². The molecule has 0 saturated heterocycles. The number of carbonyl (C=O) groups excluding carboxylic acids is 2. The van der Waals surface area contributed by atoms with E-state index in [1.165, 1.54) is 0 Å². The molecule has 8 heteroatoms. The van der Waals surface area contributed by atoms with E-state index in [0.717, 1.165) is 31.2 Å². The van der Waals surface area contributed by atoms with E-state index >= 15 is 0 Å². The highest BCUT2D eigenvalue weighted by molar-refractivity contribution is 6.50. The van der Waals surface area contributed by atoms with Gasteiger partial charge in [0.2, 0.25) is 0 Å². The highest BCUT2D eigenvalue weighted by atomic mass is 35.5. The molecule has 1 aliphatic carbocycles. The predicted molar refractivity (Wildman–Crippen MR) is 148 cm³/mol. The highest BCUT2D eigenvalue weighted by Crippen LogP contribution is 2.49. The zero-order valence-corrected chi connectivity index (χ0v) is 23.2. The van der Waals surface area contributed by atoms with Crippen molar-refractivity contribution in [3.8, 4) is 0 Å². The van der Waals surface area contributed by atoms with Gasteiger partial charge >= 0.3 is 5.97 Å². The predicted octanol–water partition coefficient (Wildman–Crippen LogP) is 5.87. The number of nitrogens with zero attached hydrogens (tertiary/aromatic N) is 2. The Hall–Kier alpha value is -3.19. The second-order valence-corrected chi connectivity index (χ2v) is 11.8. The van der Waals surface area contributed by atoms with Gasteiger partial charge in [0.25, 0.3) is 11.8 Å². The molecule has 202 valence electrons. The van der Waals surface area contributed by atoms with Crippen LogP contribution in [0.15, 0.2) is 53.5 Å². The first-order valence-electron chi connectivity index (χ1n) is 13.2. The van der Waals surface area contributed by atoms with Crippen molar-refractivity contribution in [3.63, 3.8) is 0 Å². The molecule has 2 aromatic rings. The number of benzene rings is 2. The summed E-state index contributed by atoms with van der Waals surface area (Å²) >= 11 is 6.50. The van der Waals surface area contributed by atoms with Gasteiger partial charge in [-0.15, -0.1) is 0 Å². The minimum absolute atomic E-state index is 0.0643. The van der Waals surface area contributed by atoms with Crippen LogP contribution in [-0.4, -0.2) is 45.7 Å². The maximum atomic E-state index is 14.0. The van der Waals surface area contributed by atoms with Crippen LogP contribution >= 0.6 is 11.6 Å². The molecule has 1 heterocycles. The van der Waals surface area contributed by atoms with Crippen molar-refractivity contribution in [2.24, 2.45) is 16.3 Å². The Kier molecular flexibility index (Phi) is 7.98. The van der Waals surface area contributed by atoms with E-state index in [4.69, 9.17) is 21.7 Å². The van der Waals surface area contributed by atoms with Crippen LogP contribution in [0, 0.1) is 11.3 Å². The van der Waals surface area contributed by atoms with Crippen LogP contribution in [0.3, 0.4) is 0 Å². The summed E-state index contributed by atoms with van der Waals surface area (Å²) in [4.78, 5) is 44.2. The van der Waals surface area contributed by atoms with Gasteiger partial charge in [-0.1, -0.05) is 62.7 Å². The summed E-state index contributed by atoms with van der Waals surface area (Å²) < 4.78 is 0. The van der Waals surface area contributed by atoms with Gasteiger partial charge < -0.3 is 15.3 Å². The Bertz CT molecular complexity index is 1240. The number of aliphatic carboxylic acids is 1. The molecule has 1 atom stereocenters. The minimum atomic E-state index is -0.964. The Balaban J connectivity index is 1.62. The third-order valence-electron chi connectivity index (χ3n) is 8.00. The fourth-order valence-corrected chi connectivity index (χ4v) is 5.95. The standard InChI is InChI=1S/C30H36ClN3O4/c1-19(20-9-11-21(12-10-20)27(37)32-18-15-25(35)36)34-28(38)26(23-7-5-6-8-24(23)31)33-30(34)16-13-22(14-17-30)29(2,3)4/h5-12,19,22H,13-18H2,1-4H3,(H,32,37)(H,35,36)/t19-,22?,30?/m1/s1. The summed E-state index contributed by atoms with van der Waals surface area (Å²) in [5.41, 5.74) is 1.95. The van der Waals surface area contributed by atoms with Gasteiger partial charge in [-0.2, -0.15) is 0 Å². The van der Waals surface area contributed by atoms with Gasteiger partial charge in [0.15, 0.2) is 0 Å². The molecular formula is C30H36ClN3O4. The van der Waals surface area contributed by atoms with Crippen LogP contribution in [0.25, 0.3) is 0 Å². The number of nitrogens with one attached hydrogen (secondary N) is 1. The van der Waals surface area contributed by atoms with E-state index < -0.39 is 11.6 Å². The Labute approximate surface area is 229 Å². The number of rotatable bonds is 7. The second kappa shape index (κ2) is 10.9. The molecule has 0 radical (unpaired) electrons. The number of carboxylic acids is 1. The Morgan fingerprint density at radius 3 is 2.34 bits per heavy atom. The molecule has 1 fully saturated rings. The molecule has 4 rings (SSSR count). The molecule has 7 nitrogen and oxygen atoms in total. The average molecular weight is 538 g/mol. The maximum absolute atomic E-state index is 14.0. The van der Waals surface area contributed by atoms with Crippen LogP contribution in [0.1, 0.15) is 87.3 Å². The molecule has 1 aliphatic heterocycles. The van der Waals surface area contributed by atoms with Gasteiger partial charge in [0.05, 0.1) is 17.5 Å². The third-order valence-corrected chi connectivity index (χ3v) is 8.33. The largest absolute Gasteiger partial charge is 0.481 e. The van der Waals surface area contributed by atoms with Crippen molar-refractivity contribution in [1.82, 2.24) is 10.2 Å². The van der Waals surface area contributed by atoms with Crippen LogP contribution < -0.4 is 5.32 Å². The average Bonchev–Trinajstić information content (AvgIpc) is 3.14. The van der Waals surface area contributed by atoms with Crippen LogP contribution in [0.4, 0.5) is 0 Å². The lowest BCUT2D eigenvalue weighted by molar-refractivity contribution is -0.137. The first kappa shape index (κ1) is 27.8. The third kappa shape index (κ3) is 5.63. The molecule has 1 spiro atoms. The quantitative estimate of drug-likeness (QED) is 0.461. The minimum Gasteiger partial charge on any atom is -0.481 e. The molecule has 0 unspecified atom stereocenters. The van der Waals surface area contributed by atoms with Crippen molar-refractivity contribution in [2.75, 3.05) is 6.54 Å². The lowest BCUT2D eigenvalue weighted by atomic mass is 9.69. The van der Waals surface area contributed by atoms with Crippen LogP contribution in [0.5, 0.6) is 0 Å². The monoisotopic (exact) mass is 537 g/mol. The first-order valence-corrected chi connectivity index (χ1v) is 13.6. The summed E-state index contributed by atoms with van der Waals surface area (Å²) in [6, 6.07) is 14.2. The van der Waals surface area contributed by atoms with E-state index in [1.807, 2.05) is 42.2 Å². The normalized spacial score (nSPS) is 22.3. The van der Waals surface area contributed by atoms with Crippen molar-refractivity contribution in [3.05, 3.63) is 70.2 Å². The van der Waals surface area contributed by atoms with Crippen molar-refractivity contribution >= 4 is 35.1 Å². The maximum Gasteiger partial charge on any atom is 0.305 e. The van der Waals surface area contributed by atoms with Crippen LogP contribution in [0.2, 0.25) is 5.02 Å². The van der Waals surface area contributed by atoms with E-state index in [0.29, 0.717) is 27.8 Å². The molecule has 38 heavy (non-hydrogen) atoms. The summed E-state index contributed by atoms with van der Waals surface area (Å²) in [5.74, 6) is -0.869. The van der Waals surface area contributed by atoms with E-state index in [1.54, 1.807) is 18.2 Å². The number of carbonyl (C=O) groups is 3. The second-order valence-electron chi connectivity index (χ2n) is 11.4. The fourth-order valence-electron chi connectivity index (χ4n) is 5.72. The first-order chi connectivity index (χ1) is 17.9. The van der Waals surface area contributed by atoms with E-state index in [9.17, 15) is 14.4 Å². The number of carboxylic acid groups (broad SMARTS) is 1. The summed E-state index contributed by atoms with van der Waals surface area (Å²) in [6.45, 7) is 8.88. The van der Waals surface area contributed by atoms with Gasteiger partial charge in [0.1, 0.15) is 11.4 Å². The number of amides is 2. The van der Waals surface area contributed by atoms with E-state index in [-0.39, 0.29) is 36.2 Å². The fraction of sp³-hybridized carbons (Fsp3) is 0.467. The number of hydrogen-bond donors (Lipinski definition) is 2. The van der Waals surface area contributed by atoms with Crippen LogP contribution in [-0.2, 0) is 9.59 Å². The lowest BCUT2D eigenvalue weighted by Gasteiger charge is -2.46. The topological polar surface area (TPSA) is 99.1 Å². The highest BCUT2D eigenvalue weighted by Gasteiger charge is 2.52. The lowest BCUT2D eigenvalue weighted by Crippen LogP contribution is -2.50. The number of hydrogen-bond acceptors (Lipinski definition) is 4. The molecular weight excluding hydrogens is 502 g/mol. The molecule has 2 amide bonds. The van der Waals surface area contributed by atoms with Gasteiger partial charge in [-0.05, 0) is 67.7 Å².